The molecule has 1 aromatic carbocycles. The van der Waals surface area contributed by atoms with Crippen molar-refractivity contribution in [3.05, 3.63) is 63.4 Å². The topological polar surface area (TPSA) is 156 Å². The standard InChI is InChI=1S/C22H18FN7O5S/c1-22(20(32)33)9-2-10-28(22)21-26-17(25-19(31)15-7-8-16(36-15)30(34)35)14-11-24-29(18(14)27-21)13-5-3-12(23)4-6-13/h3-8,11H,2,9-10H2,1H3,(H,32,33)(H,25,26,27,31)/t22-/m0/s1. The van der Waals surface area contributed by atoms with E-state index < -0.39 is 28.2 Å². The number of fused-ring (bicyclic) bond motifs is 1. The number of benzene rings is 1. The van der Waals surface area contributed by atoms with Gasteiger partial charge in [0.15, 0.2) is 5.65 Å². The fourth-order valence-corrected chi connectivity index (χ4v) is 4.82. The average Bonchev–Trinajstić information content (AvgIpc) is 3.58. The normalized spacial score (nSPS) is 17.4. The number of carbonyl (C=O) groups is 2. The van der Waals surface area contributed by atoms with E-state index in [1.165, 1.54) is 47.3 Å². The number of amides is 1. The van der Waals surface area contributed by atoms with E-state index >= 15 is 0 Å². The highest BCUT2D eigenvalue weighted by atomic mass is 32.1. The SMILES string of the molecule is C[C@@]1(C(=O)O)CCCN1c1nc(NC(=O)c2ccc([N+](=O)[O-])s2)c2cnn(-c3ccc(F)cc3)c2n1. The van der Waals surface area contributed by atoms with Crippen LogP contribution in [-0.4, -0.2) is 53.7 Å². The summed E-state index contributed by atoms with van der Waals surface area (Å²) in [5, 5.41) is 28.0. The van der Waals surface area contributed by atoms with Crippen LogP contribution in [0, 0.1) is 15.9 Å². The van der Waals surface area contributed by atoms with E-state index in [-0.39, 0.29) is 27.3 Å². The van der Waals surface area contributed by atoms with Crippen LogP contribution in [0.25, 0.3) is 16.7 Å². The molecule has 1 aliphatic rings. The summed E-state index contributed by atoms with van der Waals surface area (Å²) >= 11 is 0.711. The summed E-state index contributed by atoms with van der Waals surface area (Å²) in [5.41, 5.74) is -0.507. The molecule has 1 saturated heterocycles. The minimum absolute atomic E-state index is 0.0593. The monoisotopic (exact) mass is 511 g/mol. The van der Waals surface area contributed by atoms with Gasteiger partial charge in [-0.05, 0) is 50.1 Å². The summed E-state index contributed by atoms with van der Waals surface area (Å²) in [5.74, 6) is -1.97. The number of anilines is 2. The third-order valence-corrected chi connectivity index (χ3v) is 7.09. The van der Waals surface area contributed by atoms with Gasteiger partial charge in [0.2, 0.25) is 5.95 Å². The van der Waals surface area contributed by atoms with Crippen LogP contribution in [0.2, 0.25) is 0 Å². The van der Waals surface area contributed by atoms with Crippen LogP contribution in [-0.2, 0) is 4.79 Å². The summed E-state index contributed by atoms with van der Waals surface area (Å²) in [7, 11) is 0. The molecule has 4 heterocycles. The molecule has 14 heteroatoms. The number of rotatable bonds is 6. The van der Waals surface area contributed by atoms with E-state index in [9.17, 15) is 29.2 Å². The molecule has 1 aliphatic heterocycles. The van der Waals surface area contributed by atoms with Crippen LogP contribution in [0.1, 0.15) is 29.4 Å². The highest BCUT2D eigenvalue weighted by Crippen LogP contribution is 2.35. The lowest BCUT2D eigenvalue weighted by Gasteiger charge is -2.31. The zero-order valence-corrected chi connectivity index (χ0v) is 19.5. The van der Waals surface area contributed by atoms with Crippen molar-refractivity contribution in [2.24, 2.45) is 0 Å². The van der Waals surface area contributed by atoms with Gasteiger partial charge in [0, 0.05) is 12.6 Å². The van der Waals surface area contributed by atoms with Crippen molar-refractivity contribution in [3.63, 3.8) is 0 Å². The molecule has 1 fully saturated rings. The second-order valence-electron chi connectivity index (χ2n) is 8.33. The summed E-state index contributed by atoms with van der Waals surface area (Å²) < 4.78 is 14.9. The minimum atomic E-state index is -1.26. The molecule has 184 valence electrons. The maximum absolute atomic E-state index is 13.5. The zero-order valence-electron chi connectivity index (χ0n) is 18.7. The molecule has 3 aromatic heterocycles. The van der Waals surface area contributed by atoms with Gasteiger partial charge in [-0.3, -0.25) is 14.9 Å². The van der Waals surface area contributed by atoms with Gasteiger partial charge < -0.3 is 15.3 Å². The van der Waals surface area contributed by atoms with Crippen molar-refractivity contribution in [1.29, 1.82) is 0 Å². The van der Waals surface area contributed by atoms with E-state index in [0.29, 0.717) is 41.8 Å². The van der Waals surface area contributed by atoms with Gasteiger partial charge in [-0.2, -0.15) is 15.1 Å². The number of aliphatic carboxylic acids is 1. The Labute approximate surface area is 206 Å². The van der Waals surface area contributed by atoms with E-state index in [1.54, 1.807) is 11.8 Å². The van der Waals surface area contributed by atoms with E-state index in [0.717, 1.165) is 0 Å². The number of aromatic nitrogens is 4. The van der Waals surface area contributed by atoms with Gasteiger partial charge in [0.1, 0.15) is 17.2 Å². The first-order chi connectivity index (χ1) is 17.2. The number of carboxylic acid groups (broad SMARTS) is 1. The Morgan fingerprint density at radius 2 is 1.97 bits per heavy atom. The van der Waals surface area contributed by atoms with E-state index in [4.69, 9.17) is 0 Å². The highest BCUT2D eigenvalue weighted by Gasteiger charge is 2.45. The molecule has 0 bridgehead atoms. The molecule has 5 rings (SSSR count). The van der Waals surface area contributed by atoms with Gasteiger partial charge >= 0.3 is 11.0 Å². The Morgan fingerprint density at radius 1 is 1.22 bits per heavy atom. The smallest absolute Gasteiger partial charge is 0.329 e. The molecule has 1 amide bonds. The molecule has 0 spiro atoms. The lowest BCUT2D eigenvalue weighted by atomic mass is 10.00. The van der Waals surface area contributed by atoms with Gasteiger partial charge in [0.05, 0.1) is 27.1 Å². The Morgan fingerprint density at radius 3 is 2.64 bits per heavy atom. The molecular weight excluding hydrogens is 493 g/mol. The quantitative estimate of drug-likeness (QED) is 0.291. The Kier molecular flexibility index (Phi) is 5.59. The molecular formula is C22H18FN7O5S. The first-order valence-corrected chi connectivity index (χ1v) is 11.6. The molecule has 0 aliphatic carbocycles. The maximum Gasteiger partial charge on any atom is 0.329 e. The third kappa shape index (κ3) is 3.90. The van der Waals surface area contributed by atoms with Crippen molar-refractivity contribution in [1.82, 2.24) is 19.7 Å². The average molecular weight is 511 g/mol. The molecule has 1 atom stereocenters. The van der Waals surface area contributed by atoms with Crippen LogP contribution >= 0.6 is 11.3 Å². The molecule has 4 aromatic rings. The van der Waals surface area contributed by atoms with Crippen LogP contribution in [0.3, 0.4) is 0 Å². The summed E-state index contributed by atoms with van der Waals surface area (Å²) in [6.45, 7) is 1.96. The number of nitro groups is 1. The number of thiophene rings is 1. The van der Waals surface area contributed by atoms with Gasteiger partial charge in [-0.1, -0.05) is 11.3 Å². The van der Waals surface area contributed by atoms with Crippen LogP contribution in [0.15, 0.2) is 42.6 Å². The second kappa shape index (κ2) is 8.64. The van der Waals surface area contributed by atoms with Crippen molar-refractivity contribution in [2.75, 3.05) is 16.8 Å². The molecule has 0 radical (unpaired) electrons. The Hall–Kier alpha value is -4.46. The highest BCUT2D eigenvalue weighted by molar-refractivity contribution is 7.17. The fraction of sp³-hybridized carbons (Fsp3) is 0.227. The number of halogens is 1. The number of nitrogens with one attached hydrogen (secondary N) is 1. The predicted molar refractivity (Wildman–Crippen MR) is 128 cm³/mol. The second-order valence-corrected chi connectivity index (χ2v) is 9.39. The van der Waals surface area contributed by atoms with Crippen molar-refractivity contribution in [3.8, 4) is 5.69 Å². The predicted octanol–water partition coefficient (Wildman–Crippen LogP) is 3.62. The number of carbonyl (C=O) groups excluding carboxylic acids is 1. The molecule has 0 unspecified atom stereocenters. The number of hydrogen-bond donors (Lipinski definition) is 2. The molecule has 36 heavy (non-hydrogen) atoms. The van der Waals surface area contributed by atoms with E-state index in [2.05, 4.69) is 20.4 Å². The lowest BCUT2D eigenvalue weighted by molar-refractivity contribution is -0.380. The zero-order chi connectivity index (χ0) is 25.6. The third-order valence-electron chi connectivity index (χ3n) is 6.06. The molecule has 2 N–H and O–H groups in total. The summed E-state index contributed by atoms with van der Waals surface area (Å²) in [4.78, 5) is 46.1. The fourth-order valence-electron chi connectivity index (χ4n) is 4.11. The van der Waals surface area contributed by atoms with Crippen LogP contribution in [0.4, 0.5) is 21.2 Å². The van der Waals surface area contributed by atoms with Gasteiger partial charge in [-0.25, -0.2) is 13.9 Å². The van der Waals surface area contributed by atoms with Crippen molar-refractivity contribution in [2.45, 2.75) is 25.3 Å². The largest absolute Gasteiger partial charge is 0.480 e. The van der Waals surface area contributed by atoms with E-state index in [1.807, 2.05) is 0 Å². The Balaban J connectivity index is 1.63. The number of carboxylic acids is 1. The number of hydrogen-bond acceptors (Lipinski definition) is 9. The van der Waals surface area contributed by atoms with Crippen LogP contribution < -0.4 is 10.2 Å². The van der Waals surface area contributed by atoms with Crippen molar-refractivity contribution < 1.29 is 24.0 Å². The van der Waals surface area contributed by atoms with Gasteiger partial charge in [-0.15, -0.1) is 0 Å². The lowest BCUT2D eigenvalue weighted by Crippen LogP contribution is -2.49. The minimum Gasteiger partial charge on any atom is -0.480 e. The first kappa shape index (κ1) is 23.3. The van der Waals surface area contributed by atoms with Crippen molar-refractivity contribution >= 4 is 51.0 Å². The first-order valence-electron chi connectivity index (χ1n) is 10.8. The Bertz CT molecular complexity index is 1520. The van der Waals surface area contributed by atoms with Crippen LogP contribution in [0.5, 0.6) is 0 Å². The molecule has 0 saturated carbocycles. The summed E-state index contributed by atoms with van der Waals surface area (Å²) in [6.07, 6.45) is 2.40. The number of nitrogens with zero attached hydrogens (tertiary/aromatic N) is 6. The summed E-state index contributed by atoms with van der Waals surface area (Å²) in [6, 6.07) is 8.10. The van der Waals surface area contributed by atoms with Gasteiger partial charge in [0.25, 0.3) is 5.91 Å². The molecule has 12 nitrogen and oxygen atoms in total. The maximum atomic E-state index is 13.5.